The maximum absolute atomic E-state index is 3.69. The molecule has 2 heteroatoms. The average Bonchev–Trinajstić information content (AvgIpc) is 2.97. The van der Waals surface area contributed by atoms with E-state index in [4.69, 9.17) is 0 Å². The Balaban J connectivity index is 1.68. The molecule has 2 rings (SSSR count). The van der Waals surface area contributed by atoms with Crippen LogP contribution in [0.3, 0.4) is 0 Å². The molecule has 0 amide bonds. The minimum atomic E-state index is 0.819. The molecule has 20 heavy (non-hydrogen) atoms. The van der Waals surface area contributed by atoms with E-state index >= 15 is 0 Å². The van der Waals surface area contributed by atoms with Crippen molar-refractivity contribution in [3.05, 3.63) is 0 Å². The standard InChI is InChI=1S/C18H36N2/c1-16(2)12-15-20(18-10-3-4-11-18)14-7-9-17-8-5-6-13-19-17/h16-19H,3-15H2,1-2H3. The first-order valence-electron chi connectivity index (χ1n) is 9.23. The number of nitrogens with one attached hydrogen (secondary N) is 1. The summed E-state index contributed by atoms with van der Waals surface area (Å²) in [6.45, 7) is 8.65. The number of nitrogens with zero attached hydrogens (tertiary/aromatic N) is 1. The molecule has 2 aliphatic rings. The van der Waals surface area contributed by atoms with Crippen LogP contribution < -0.4 is 5.32 Å². The zero-order valence-corrected chi connectivity index (χ0v) is 13.9. The van der Waals surface area contributed by atoms with Crippen LogP contribution in [0.5, 0.6) is 0 Å². The van der Waals surface area contributed by atoms with Gasteiger partial charge >= 0.3 is 0 Å². The highest BCUT2D eigenvalue weighted by Gasteiger charge is 2.22. The van der Waals surface area contributed by atoms with E-state index < -0.39 is 0 Å². The predicted molar refractivity (Wildman–Crippen MR) is 88.2 cm³/mol. The van der Waals surface area contributed by atoms with E-state index in [1.807, 2.05) is 0 Å². The van der Waals surface area contributed by atoms with Crippen LogP contribution in [0.1, 0.15) is 78.1 Å². The van der Waals surface area contributed by atoms with Gasteiger partial charge < -0.3 is 10.2 Å². The third-order valence-corrected chi connectivity index (χ3v) is 5.25. The maximum atomic E-state index is 3.69. The molecule has 0 bridgehead atoms. The molecule has 118 valence electrons. The second-order valence-electron chi connectivity index (χ2n) is 7.45. The van der Waals surface area contributed by atoms with Gasteiger partial charge in [0.25, 0.3) is 0 Å². The molecule has 2 nitrogen and oxygen atoms in total. The Morgan fingerprint density at radius 3 is 2.40 bits per heavy atom. The molecule has 1 N–H and O–H groups in total. The molecular weight excluding hydrogens is 244 g/mol. The van der Waals surface area contributed by atoms with Crippen LogP contribution >= 0.6 is 0 Å². The Kier molecular flexibility index (Phi) is 7.37. The highest BCUT2D eigenvalue weighted by atomic mass is 15.2. The van der Waals surface area contributed by atoms with Gasteiger partial charge in [-0.3, -0.25) is 0 Å². The molecule has 2 fully saturated rings. The van der Waals surface area contributed by atoms with Crippen molar-refractivity contribution in [1.82, 2.24) is 10.2 Å². The Morgan fingerprint density at radius 1 is 1.00 bits per heavy atom. The summed E-state index contributed by atoms with van der Waals surface area (Å²) in [5.41, 5.74) is 0. The van der Waals surface area contributed by atoms with Gasteiger partial charge in [0.1, 0.15) is 0 Å². The van der Waals surface area contributed by atoms with Gasteiger partial charge in [-0.1, -0.05) is 33.1 Å². The van der Waals surface area contributed by atoms with Gasteiger partial charge in [0, 0.05) is 12.1 Å². The van der Waals surface area contributed by atoms with Gasteiger partial charge in [0.05, 0.1) is 0 Å². The molecule has 1 saturated heterocycles. The van der Waals surface area contributed by atoms with Crippen molar-refractivity contribution >= 4 is 0 Å². The minimum Gasteiger partial charge on any atom is -0.314 e. The van der Waals surface area contributed by atoms with E-state index in [1.54, 1.807) is 0 Å². The summed E-state index contributed by atoms with van der Waals surface area (Å²) in [7, 11) is 0. The number of piperidine rings is 1. The van der Waals surface area contributed by atoms with Crippen LogP contribution in [0, 0.1) is 5.92 Å². The van der Waals surface area contributed by atoms with Crippen molar-refractivity contribution in [2.24, 2.45) is 5.92 Å². The average molecular weight is 281 g/mol. The molecular formula is C18H36N2. The molecule has 0 aromatic rings. The van der Waals surface area contributed by atoms with Gasteiger partial charge in [0.15, 0.2) is 0 Å². The fourth-order valence-electron chi connectivity index (χ4n) is 3.88. The third kappa shape index (κ3) is 5.73. The highest BCUT2D eigenvalue weighted by Crippen LogP contribution is 2.25. The number of hydrogen-bond donors (Lipinski definition) is 1. The molecule has 1 aliphatic carbocycles. The van der Waals surface area contributed by atoms with E-state index in [0.717, 1.165) is 18.0 Å². The highest BCUT2D eigenvalue weighted by molar-refractivity contribution is 4.79. The molecule has 0 radical (unpaired) electrons. The van der Waals surface area contributed by atoms with Crippen LogP contribution in [-0.4, -0.2) is 36.6 Å². The summed E-state index contributed by atoms with van der Waals surface area (Å²) in [5, 5.41) is 3.69. The lowest BCUT2D eigenvalue weighted by Gasteiger charge is -2.31. The van der Waals surface area contributed by atoms with Crippen molar-refractivity contribution < 1.29 is 0 Å². The van der Waals surface area contributed by atoms with Crippen molar-refractivity contribution in [3.63, 3.8) is 0 Å². The second kappa shape index (κ2) is 9.04. The third-order valence-electron chi connectivity index (χ3n) is 5.25. The maximum Gasteiger partial charge on any atom is 0.00952 e. The molecule has 1 saturated carbocycles. The normalized spacial score (nSPS) is 24.9. The fraction of sp³-hybridized carbons (Fsp3) is 1.00. The predicted octanol–water partition coefficient (Wildman–Crippen LogP) is 4.20. The van der Waals surface area contributed by atoms with Crippen LogP contribution in [0.4, 0.5) is 0 Å². The summed E-state index contributed by atoms with van der Waals surface area (Å²) < 4.78 is 0. The molecule has 1 unspecified atom stereocenters. The quantitative estimate of drug-likeness (QED) is 0.717. The monoisotopic (exact) mass is 280 g/mol. The Morgan fingerprint density at radius 2 is 1.75 bits per heavy atom. The molecule has 1 atom stereocenters. The zero-order chi connectivity index (χ0) is 14.2. The van der Waals surface area contributed by atoms with Crippen molar-refractivity contribution in [3.8, 4) is 0 Å². The fourth-order valence-corrected chi connectivity index (χ4v) is 3.88. The van der Waals surface area contributed by atoms with Crippen molar-refractivity contribution in [1.29, 1.82) is 0 Å². The van der Waals surface area contributed by atoms with Gasteiger partial charge in [-0.15, -0.1) is 0 Å². The lowest BCUT2D eigenvalue weighted by molar-refractivity contribution is 0.181. The molecule has 0 aromatic carbocycles. The Labute approximate surface area is 126 Å². The van der Waals surface area contributed by atoms with Crippen LogP contribution in [0.25, 0.3) is 0 Å². The lowest BCUT2D eigenvalue weighted by Crippen LogP contribution is -2.38. The molecule has 1 heterocycles. The van der Waals surface area contributed by atoms with Gasteiger partial charge in [-0.2, -0.15) is 0 Å². The number of rotatable bonds is 8. The molecule has 0 aromatic heterocycles. The lowest BCUT2D eigenvalue weighted by atomic mass is 10.00. The first kappa shape index (κ1) is 16.3. The zero-order valence-electron chi connectivity index (χ0n) is 13.9. The summed E-state index contributed by atoms with van der Waals surface area (Å²) >= 11 is 0. The van der Waals surface area contributed by atoms with Crippen molar-refractivity contribution in [2.45, 2.75) is 90.1 Å². The van der Waals surface area contributed by atoms with Gasteiger partial charge in [-0.25, -0.2) is 0 Å². The summed E-state index contributed by atoms with van der Waals surface area (Å²) in [6.07, 6.45) is 14.3. The van der Waals surface area contributed by atoms with Crippen LogP contribution in [0.15, 0.2) is 0 Å². The first-order chi connectivity index (χ1) is 9.75. The van der Waals surface area contributed by atoms with E-state index in [9.17, 15) is 0 Å². The summed E-state index contributed by atoms with van der Waals surface area (Å²) in [6, 6.07) is 1.73. The Hall–Kier alpha value is -0.0800. The van der Waals surface area contributed by atoms with Crippen LogP contribution in [-0.2, 0) is 0 Å². The van der Waals surface area contributed by atoms with Gasteiger partial charge in [-0.05, 0) is 70.5 Å². The van der Waals surface area contributed by atoms with Gasteiger partial charge in [0.2, 0.25) is 0 Å². The van der Waals surface area contributed by atoms with E-state index in [0.29, 0.717) is 0 Å². The van der Waals surface area contributed by atoms with Crippen LogP contribution in [0.2, 0.25) is 0 Å². The largest absolute Gasteiger partial charge is 0.314 e. The van der Waals surface area contributed by atoms with Crippen molar-refractivity contribution in [2.75, 3.05) is 19.6 Å². The van der Waals surface area contributed by atoms with E-state index in [2.05, 4.69) is 24.1 Å². The summed E-state index contributed by atoms with van der Waals surface area (Å²) in [5.74, 6) is 0.846. The smallest absolute Gasteiger partial charge is 0.00952 e. The minimum absolute atomic E-state index is 0.819. The molecule has 1 aliphatic heterocycles. The first-order valence-corrected chi connectivity index (χ1v) is 9.23. The second-order valence-corrected chi connectivity index (χ2v) is 7.45. The summed E-state index contributed by atoms with van der Waals surface area (Å²) in [4.78, 5) is 2.83. The SMILES string of the molecule is CC(C)CCN(CCCC1CCCCN1)C1CCCC1. The number of hydrogen-bond acceptors (Lipinski definition) is 2. The van der Waals surface area contributed by atoms with E-state index in [-0.39, 0.29) is 0 Å². The topological polar surface area (TPSA) is 15.3 Å². The molecule has 0 spiro atoms. The Bertz CT molecular complexity index is 240. The van der Waals surface area contributed by atoms with E-state index in [1.165, 1.54) is 83.8 Å².